The van der Waals surface area contributed by atoms with E-state index in [4.69, 9.17) is 11.6 Å². The Labute approximate surface area is 115 Å². The van der Waals surface area contributed by atoms with E-state index < -0.39 is 16.9 Å². The van der Waals surface area contributed by atoms with Crippen molar-refractivity contribution in [3.8, 4) is 0 Å². The lowest BCUT2D eigenvalue weighted by Crippen LogP contribution is -2.30. The summed E-state index contributed by atoms with van der Waals surface area (Å²) in [4.78, 5) is 23.7. The van der Waals surface area contributed by atoms with Crippen molar-refractivity contribution < 1.29 is 14.8 Å². The maximum atomic E-state index is 12.2. The molecule has 104 valence electrons. The van der Waals surface area contributed by atoms with Crippen molar-refractivity contribution in [2.45, 2.75) is 19.4 Å². The second-order valence-electron chi connectivity index (χ2n) is 4.26. The fraction of sp³-hybridized carbons (Fsp3) is 0.417. The van der Waals surface area contributed by atoms with Crippen LogP contribution in [0.25, 0.3) is 0 Å². The summed E-state index contributed by atoms with van der Waals surface area (Å²) < 4.78 is 0. The Hall–Kier alpha value is -1.66. The summed E-state index contributed by atoms with van der Waals surface area (Å²) in [7, 11) is 1.51. The van der Waals surface area contributed by atoms with Crippen molar-refractivity contribution in [1.82, 2.24) is 4.90 Å². The first-order valence-corrected chi connectivity index (χ1v) is 6.08. The van der Waals surface area contributed by atoms with Gasteiger partial charge in [-0.3, -0.25) is 14.9 Å². The van der Waals surface area contributed by atoms with E-state index in [2.05, 4.69) is 0 Å². The first-order chi connectivity index (χ1) is 8.84. The van der Waals surface area contributed by atoms with Gasteiger partial charge in [0.25, 0.3) is 11.6 Å². The number of rotatable bonds is 5. The Morgan fingerprint density at radius 3 is 2.74 bits per heavy atom. The number of hydrogen-bond acceptors (Lipinski definition) is 4. The molecule has 1 atom stereocenters. The molecule has 0 radical (unpaired) electrons. The standard InChI is InChI=1S/C12H15ClN2O4/c1-8(16)6-7-14(2)12(17)11-9(13)4-3-5-10(11)15(18)19/h3-5,8,16H,6-7H2,1-2H3. The van der Waals surface area contributed by atoms with Crippen LogP contribution >= 0.6 is 11.6 Å². The molecule has 0 saturated carbocycles. The van der Waals surface area contributed by atoms with Crippen molar-refractivity contribution in [3.63, 3.8) is 0 Å². The number of hydrogen-bond donors (Lipinski definition) is 1. The molecule has 0 saturated heterocycles. The van der Waals surface area contributed by atoms with Gasteiger partial charge in [0, 0.05) is 19.7 Å². The fourth-order valence-corrected chi connectivity index (χ4v) is 1.80. The van der Waals surface area contributed by atoms with Crippen LogP contribution in [0.3, 0.4) is 0 Å². The highest BCUT2D eigenvalue weighted by molar-refractivity contribution is 6.34. The third-order valence-corrected chi connectivity index (χ3v) is 2.95. The zero-order valence-electron chi connectivity index (χ0n) is 10.7. The van der Waals surface area contributed by atoms with Gasteiger partial charge in [-0.25, -0.2) is 0 Å². The van der Waals surface area contributed by atoms with Crippen molar-refractivity contribution in [1.29, 1.82) is 0 Å². The number of halogens is 1. The maximum Gasteiger partial charge on any atom is 0.283 e. The second-order valence-corrected chi connectivity index (χ2v) is 4.66. The number of carbonyl (C=O) groups excluding carboxylic acids is 1. The van der Waals surface area contributed by atoms with Crippen molar-refractivity contribution >= 4 is 23.2 Å². The second kappa shape index (κ2) is 6.49. The largest absolute Gasteiger partial charge is 0.393 e. The lowest BCUT2D eigenvalue weighted by molar-refractivity contribution is -0.385. The van der Waals surface area contributed by atoms with E-state index in [1.165, 1.54) is 30.1 Å². The van der Waals surface area contributed by atoms with Crippen molar-refractivity contribution in [3.05, 3.63) is 38.9 Å². The molecule has 0 aliphatic rings. The van der Waals surface area contributed by atoms with E-state index in [0.29, 0.717) is 13.0 Å². The molecule has 6 nitrogen and oxygen atoms in total. The number of nitro benzene ring substituents is 1. The van der Waals surface area contributed by atoms with Gasteiger partial charge in [-0.15, -0.1) is 0 Å². The van der Waals surface area contributed by atoms with Gasteiger partial charge in [0.05, 0.1) is 16.0 Å². The van der Waals surface area contributed by atoms with Crippen LogP contribution in [0.4, 0.5) is 5.69 Å². The zero-order valence-corrected chi connectivity index (χ0v) is 11.4. The van der Waals surface area contributed by atoms with Crippen LogP contribution in [0.2, 0.25) is 5.02 Å². The summed E-state index contributed by atoms with van der Waals surface area (Å²) >= 11 is 5.87. The molecule has 1 aromatic carbocycles. The first-order valence-electron chi connectivity index (χ1n) is 5.71. The lowest BCUT2D eigenvalue weighted by Gasteiger charge is -2.18. The van der Waals surface area contributed by atoms with E-state index in [0.717, 1.165) is 0 Å². The Kier molecular flexibility index (Phi) is 5.26. The molecule has 1 aromatic rings. The topological polar surface area (TPSA) is 83.7 Å². The molecule has 0 aromatic heterocycles. The van der Waals surface area contributed by atoms with Gasteiger partial charge in [0.15, 0.2) is 0 Å². The Morgan fingerprint density at radius 1 is 1.58 bits per heavy atom. The summed E-state index contributed by atoms with van der Waals surface area (Å²) in [5.41, 5.74) is -0.441. The van der Waals surface area contributed by atoms with Crippen molar-refractivity contribution in [2.24, 2.45) is 0 Å². The molecule has 0 aliphatic heterocycles. The van der Waals surface area contributed by atoms with Gasteiger partial charge in [0.2, 0.25) is 0 Å². The minimum Gasteiger partial charge on any atom is -0.393 e. The van der Waals surface area contributed by atoms with E-state index in [-0.39, 0.29) is 16.3 Å². The third kappa shape index (κ3) is 3.90. The van der Waals surface area contributed by atoms with Crippen LogP contribution in [0.5, 0.6) is 0 Å². The lowest BCUT2D eigenvalue weighted by atomic mass is 10.1. The van der Waals surface area contributed by atoms with Gasteiger partial charge in [-0.05, 0) is 19.4 Å². The summed E-state index contributed by atoms with van der Waals surface area (Å²) in [6.07, 6.45) is -0.156. The summed E-state index contributed by atoms with van der Waals surface area (Å²) in [6.45, 7) is 1.90. The minimum absolute atomic E-state index is 0.0445. The van der Waals surface area contributed by atoms with Gasteiger partial charge in [-0.1, -0.05) is 17.7 Å². The average Bonchev–Trinajstić information content (AvgIpc) is 2.34. The highest BCUT2D eigenvalue weighted by Crippen LogP contribution is 2.27. The predicted molar refractivity (Wildman–Crippen MR) is 71.4 cm³/mol. The van der Waals surface area contributed by atoms with Crippen LogP contribution in [0, 0.1) is 10.1 Å². The molecule has 1 N–H and O–H groups in total. The SMILES string of the molecule is CC(O)CCN(C)C(=O)c1c(Cl)cccc1[N+](=O)[O-]. The molecule has 19 heavy (non-hydrogen) atoms. The van der Waals surface area contributed by atoms with Gasteiger partial charge < -0.3 is 10.0 Å². The number of aliphatic hydroxyl groups excluding tert-OH is 1. The quantitative estimate of drug-likeness (QED) is 0.663. The number of nitrogens with zero attached hydrogens (tertiary/aromatic N) is 2. The Morgan fingerprint density at radius 2 is 2.21 bits per heavy atom. The van der Waals surface area contributed by atoms with Crippen LogP contribution in [-0.4, -0.2) is 40.5 Å². The molecule has 0 spiro atoms. The van der Waals surface area contributed by atoms with E-state index in [1.54, 1.807) is 6.92 Å². The molecular weight excluding hydrogens is 272 g/mol. The van der Waals surface area contributed by atoms with Crippen LogP contribution < -0.4 is 0 Å². The number of aliphatic hydroxyl groups is 1. The Balaban J connectivity index is 3.02. The summed E-state index contributed by atoms with van der Waals surface area (Å²) in [5.74, 6) is -0.530. The van der Waals surface area contributed by atoms with Crippen LogP contribution in [0.15, 0.2) is 18.2 Å². The van der Waals surface area contributed by atoms with Crippen molar-refractivity contribution in [2.75, 3.05) is 13.6 Å². The van der Waals surface area contributed by atoms with Gasteiger partial charge >= 0.3 is 0 Å². The minimum atomic E-state index is -0.637. The zero-order chi connectivity index (χ0) is 14.6. The highest BCUT2D eigenvalue weighted by Gasteiger charge is 2.25. The molecule has 0 fully saturated rings. The number of amides is 1. The van der Waals surface area contributed by atoms with E-state index in [9.17, 15) is 20.0 Å². The molecule has 7 heteroatoms. The molecule has 1 unspecified atom stereocenters. The molecule has 0 bridgehead atoms. The monoisotopic (exact) mass is 286 g/mol. The third-order valence-electron chi connectivity index (χ3n) is 2.63. The first kappa shape index (κ1) is 15.4. The molecule has 1 rings (SSSR count). The summed E-state index contributed by atoms with van der Waals surface area (Å²) in [6, 6.07) is 4.10. The number of carbonyl (C=O) groups is 1. The summed E-state index contributed by atoms with van der Waals surface area (Å²) in [5, 5.41) is 20.1. The highest BCUT2D eigenvalue weighted by atomic mass is 35.5. The molecule has 0 heterocycles. The number of nitro groups is 1. The maximum absolute atomic E-state index is 12.2. The predicted octanol–water partition coefficient (Wildman–Crippen LogP) is 2.09. The smallest absolute Gasteiger partial charge is 0.283 e. The fourth-order valence-electron chi connectivity index (χ4n) is 1.55. The van der Waals surface area contributed by atoms with Gasteiger partial charge in [0.1, 0.15) is 5.56 Å². The molecule has 0 aliphatic carbocycles. The Bertz CT molecular complexity index is 491. The molecular formula is C12H15ClN2O4. The van der Waals surface area contributed by atoms with E-state index in [1.807, 2.05) is 0 Å². The van der Waals surface area contributed by atoms with Crippen LogP contribution in [-0.2, 0) is 0 Å². The number of benzene rings is 1. The van der Waals surface area contributed by atoms with Gasteiger partial charge in [-0.2, -0.15) is 0 Å². The average molecular weight is 287 g/mol. The van der Waals surface area contributed by atoms with Crippen LogP contribution in [0.1, 0.15) is 23.7 Å². The normalized spacial score (nSPS) is 12.0. The molecule has 1 amide bonds. The van der Waals surface area contributed by atoms with E-state index >= 15 is 0 Å².